The largest absolute Gasteiger partial charge is 0.467 e. The molecule has 92 valence electrons. The Bertz CT molecular complexity index is 536. The van der Waals surface area contributed by atoms with Gasteiger partial charge in [-0.25, -0.2) is 0 Å². The van der Waals surface area contributed by atoms with E-state index in [1.807, 2.05) is 29.9 Å². The van der Waals surface area contributed by atoms with E-state index in [1.165, 1.54) is 0 Å². The number of rotatable bonds is 3. The molecule has 4 heteroatoms. The van der Waals surface area contributed by atoms with Crippen molar-refractivity contribution in [1.82, 2.24) is 4.98 Å². The van der Waals surface area contributed by atoms with Gasteiger partial charge in [-0.05, 0) is 12.1 Å². The third-order valence-electron chi connectivity index (χ3n) is 2.91. The molecule has 0 aliphatic carbocycles. The molecule has 3 rings (SSSR count). The predicted molar refractivity (Wildman–Crippen MR) is 74.2 cm³/mol. The second-order valence-corrected chi connectivity index (χ2v) is 4.97. The average molecular weight is 258 g/mol. The van der Waals surface area contributed by atoms with Crippen LogP contribution in [0.15, 0.2) is 48.2 Å². The summed E-state index contributed by atoms with van der Waals surface area (Å²) in [6.45, 7) is 2.13. The number of hydrogen-bond acceptors (Lipinski definition) is 4. The van der Waals surface area contributed by atoms with Gasteiger partial charge in [-0.15, -0.1) is 11.3 Å². The maximum atomic E-state index is 5.98. The minimum Gasteiger partial charge on any atom is -0.467 e. The van der Waals surface area contributed by atoms with Crippen LogP contribution in [-0.2, 0) is 4.74 Å². The molecule has 1 aliphatic heterocycles. The Hall–Kier alpha value is -1.81. The summed E-state index contributed by atoms with van der Waals surface area (Å²) in [7, 11) is 0. The summed E-state index contributed by atoms with van der Waals surface area (Å²) in [5, 5.41) is 0. The van der Waals surface area contributed by atoms with Crippen molar-refractivity contribution in [2.24, 2.45) is 0 Å². The van der Waals surface area contributed by atoms with E-state index >= 15 is 0 Å². The predicted octanol–water partition coefficient (Wildman–Crippen LogP) is 3.71. The van der Waals surface area contributed by atoms with Gasteiger partial charge in [-0.3, -0.25) is 4.98 Å². The van der Waals surface area contributed by atoms with Gasteiger partial charge in [0.25, 0.3) is 0 Å². The molecule has 1 aromatic heterocycles. The molecule has 2 heterocycles. The molecular formula is C14H14N2OS. The summed E-state index contributed by atoms with van der Waals surface area (Å²) < 4.78 is 5.98. The van der Waals surface area contributed by atoms with E-state index in [2.05, 4.69) is 35.1 Å². The zero-order valence-corrected chi connectivity index (χ0v) is 10.9. The van der Waals surface area contributed by atoms with Crippen LogP contribution < -0.4 is 4.90 Å². The molecule has 0 bridgehead atoms. The van der Waals surface area contributed by atoms with E-state index in [-0.39, 0.29) is 6.23 Å². The van der Waals surface area contributed by atoms with Crippen molar-refractivity contribution >= 4 is 22.8 Å². The van der Waals surface area contributed by atoms with Gasteiger partial charge in [0, 0.05) is 18.3 Å². The lowest BCUT2D eigenvalue weighted by Gasteiger charge is -2.22. The highest BCUT2D eigenvalue weighted by Gasteiger charge is 2.26. The Morgan fingerprint density at radius 2 is 2.17 bits per heavy atom. The lowest BCUT2D eigenvalue weighted by molar-refractivity contribution is 0.188. The number of ether oxygens (including phenoxy) is 1. The van der Waals surface area contributed by atoms with Gasteiger partial charge in [0.05, 0.1) is 16.6 Å². The molecule has 0 radical (unpaired) electrons. The molecule has 0 saturated carbocycles. The SMILES string of the molecule is CCC1OC(c2cncs2)=CN1c1ccccc1. The first-order valence-electron chi connectivity index (χ1n) is 5.99. The second kappa shape index (κ2) is 4.82. The van der Waals surface area contributed by atoms with E-state index in [0.717, 1.165) is 22.7 Å². The average Bonchev–Trinajstić information content (AvgIpc) is 3.08. The fraction of sp³-hybridized carbons (Fsp3) is 0.214. The van der Waals surface area contributed by atoms with Crippen molar-refractivity contribution < 1.29 is 4.74 Å². The van der Waals surface area contributed by atoms with Gasteiger partial charge in [0.1, 0.15) is 0 Å². The molecule has 3 nitrogen and oxygen atoms in total. The second-order valence-electron chi connectivity index (χ2n) is 4.08. The minimum absolute atomic E-state index is 0.0736. The topological polar surface area (TPSA) is 25.4 Å². The van der Waals surface area contributed by atoms with Crippen molar-refractivity contribution in [3.63, 3.8) is 0 Å². The van der Waals surface area contributed by atoms with Gasteiger partial charge in [-0.2, -0.15) is 0 Å². The monoisotopic (exact) mass is 258 g/mol. The fourth-order valence-corrected chi connectivity index (χ4v) is 2.60. The Morgan fingerprint density at radius 3 is 2.83 bits per heavy atom. The van der Waals surface area contributed by atoms with Crippen molar-refractivity contribution in [2.75, 3.05) is 4.90 Å². The van der Waals surface area contributed by atoms with Crippen LogP contribution in [0.1, 0.15) is 18.2 Å². The summed E-state index contributed by atoms with van der Waals surface area (Å²) in [4.78, 5) is 7.35. The third kappa shape index (κ3) is 1.99. The maximum Gasteiger partial charge on any atom is 0.176 e. The normalized spacial score (nSPS) is 18.6. The highest BCUT2D eigenvalue weighted by Crippen LogP contribution is 2.33. The van der Waals surface area contributed by atoms with Crippen molar-refractivity contribution in [3.05, 3.63) is 53.1 Å². The number of thiazole rings is 1. The number of anilines is 1. The Balaban J connectivity index is 1.93. The van der Waals surface area contributed by atoms with Gasteiger partial charge in [0.2, 0.25) is 0 Å². The van der Waals surface area contributed by atoms with Crippen molar-refractivity contribution in [1.29, 1.82) is 0 Å². The van der Waals surface area contributed by atoms with Crippen molar-refractivity contribution in [2.45, 2.75) is 19.6 Å². The van der Waals surface area contributed by atoms with E-state index in [9.17, 15) is 0 Å². The molecule has 2 aromatic rings. The summed E-state index contributed by atoms with van der Waals surface area (Å²) in [6, 6.07) is 10.3. The third-order valence-corrected chi connectivity index (χ3v) is 3.70. The zero-order chi connectivity index (χ0) is 12.4. The molecule has 0 amide bonds. The molecule has 18 heavy (non-hydrogen) atoms. The quantitative estimate of drug-likeness (QED) is 0.839. The summed E-state index contributed by atoms with van der Waals surface area (Å²) >= 11 is 1.60. The van der Waals surface area contributed by atoms with Crippen LogP contribution in [0.4, 0.5) is 5.69 Å². The molecule has 0 spiro atoms. The Morgan fingerprint density at radius 1 is 1.33 bits per heavy atom. The lowest BCUT2D eigenvalue weighted by atomic mass is 10.2. The maximum absolute atomic E-state index is 5.98. The van der Waals surface area contributed by atoms with E-state index in [1.54, 1.807) is 11.3 Å². The molecule has 0 fully saturated rings. The summed E-state index contributed by atoms with van der Waals surface area (Å²) in [5.41, 5.74) is 2.98. The van der Waals surface area contributed by atoms with Crippen LogP contribution in [0.5, 0.6) is 0 Å². The van der Waals surface area contributed by atoms with Gasteiger partial charge in [-0.1, -0.05) is 25.1 Å². The lowest BCUT2D eigenvalue weighted by Crippen LogP contribution is -2.26. The van der Waals surface area contributed by atoms with E-state index in [4.69, 9.17) is 4.74 Å². The van der Waals surface area contributed by atoms with Crippen LogP contribution in [0, 0.1) is 0 Å². The van der Waals surface area contributed by atoms with Crippen LogP contribution in [0.3, 0.4) is 0 Å². The molecule has 1 aliphatic rings. The van der Waals surface area contributed by atoms with Crippen LogP contribution >= 0.6 is 11.3 Å². The number of para-hydroxylation sites is 1. The smallest absolute Gasteiger partial charge is 0.176 e. The van der Waals surface area contributed by atoms with Gasteiger partial charge in [0.15, 0.2) is 12.0 Å². The van der Waals surface area contributed by atoms with Crippen molar-refractivity contribution in [3.8, 4) is 0 Å². The van der Waals surface area contributed by atoms with Gasteiger partial charge >= 0.3 is 0 Å². The first-order valence-corrected chi connectivity index (χ1v) is 6.87. The molecular weight excluding hydrogens is 244 g/mol. The van der Waals surface area contributed by atoms with Crippen LogP contribution in [0.2, 0.25) is 0 Å². The molecule has 0 saturated heterocycles. The highest BCUT2D eigenvalue weighted by atomic mass is 32.1. The molecule has 0 N–H and O–H groups in total. The Kier molecular flexibility index (Phi) is 3.02. The first-order chi connectivity index (χ1) is 8.88. The number of benzene rings is 1. The summed E-state index contributed by atoms with van der Waals surface area (Å²) in [6.07, 6.45) is 4.92. The number of nitrogens with zero attached hydrogens (tertiary/aromatic N) is 2. The highest BCUT2D eigenvalue weighted by molar-refractivity contribution is 7.10. The first kappa shape index (κ1) is 11.3. The van der Waals surface area contributed by atoms with E-state index in [0.29, 0.717) is 0 Å². The fourth-order valence-electron chi connectivity index (χ4n) is 2.02. The van der Waals surface area contributed by atoms with E-state index < -0.39 is 0 Å². The van der Waals surface area contributed by atoms with Gasteiger partial charge < -0.3 is 9.64 Å². The Labute approximate surface area is 110 Å². The minimum atomic E-state index is 0.0736. The molecule has 1 aromatic carbocycles. The molecule has 1 unspecified atom stereocenters. The number of hydrogen-bond donors (Lipinski definition) is 0. The van der Waals surface area contributed by atoms with Crippen LogP contribution in [-0.4, -0.2) is 11.2 Å². The summed E-state index contributed by atoms with van der Waals surface area (Å²) in [5.74, 6) is 0.910. The number of aromatic nitrogens is 1. The molecule has 1 atom stereocenters. The van der Waals surface area contributed by atoms with Crippen LogP contribution in [0.25, 0.3) is 5.76 Å². The standard InChI is InChI=1S/C14H14N2OS/c1-2-14-16(11-6-4-3-5-7-11)9-12(17-14)13-8-15-10-18-13/h3-10,14H,2H2,1H3. The zero-order valence-electron chi connectivity index (χ0n) is 10.1.